The highest BCUT2D eigenvalue weighted by Gasteiger charge is 2.20. The number of carbonyl (C=O) groups is 2. The predicted molar refractivity (Wildman–Crippen MR) is 292 cm³/mol. The van der Waals surface area contributed by atoms with Gasteiger partial charge in [-0.2, -0.15) is 0 Å². The molecule has 2 atom stereocenters. The second-order valence-corrected chi connectivity index (χ2v) is 21.0. The number of rotatable bonds is 57. The van der Waals surface area contributed by atoms with Crippen LogP contribution in [-0.2, 0) is 14.3 Å². The second kappa shape index (κ2) is 57.2. The molecule has 6 nitrogen and oxygen atoms in total. The van der Waals surface area contributed by atoms with Crippen LogP contribution in [0.1, 0.15) is 341 Å². The van der Waals surface area contributed by atoms with E-state index >= 15 is 0 Å². The summed E-state index contributed by atoms with van der Waals surface area (Å²) >= 11 is 0. The highest BCUT2D eigenvalue weighted by atomic mass is 16.5. The maximum atomic E-state index is 12.5. The lowest BCUT2D eigenvalue weighted by molar-refractivity contribution is -0.143. The van der Waals surface area contributed by atoms with E-state index in [0.717, 1.165) is 38.5 Å². The van der Waals surface area contributed by atoms with Crippen molar-refractivity contribution in [3.05, 3.63) is 12.2 Å². The molecule has 0 rings (SSSR count). The van der Waals surface area contributed by atoms with Crippen molar-refractivity contribution in [2.75, 3.05) is 13.2 Å². The molecule has 0 aliphatic heterocycles. The van der Waals surface area contributed by atoms with E-state index in [2.05, 4.69) is 31.3 Å². The average molecular weight is 947 g/mol. The molecule has 0 aromatic heterocycles. The second-order valence-electron chi connectivity index (χ2n) is 21.0. The van der Waals surface area contributed by atoms with Gasteiger partial charge in [-0.25, -0.2) is 0 Å². The predicted octanol–water partition coefficient (Wildman–Crippen LogP) is 18.9. The van der Waals surface area contributed by atoms with E-state index in [9.17, 15) is 19.8 Å². The van der Waals surface area contributed by atoms with Gasteiger partial charge < -0.3 is 20.3 Å². The Hall–Kier alpha value is -1.40. The van der Waals surface area contributed by atoms with Gasteiger partial charge in [-0.3, -0.25) is 9.59 Å². The van der Waals surface area contributed by atoms with Crippen LogP contribution in [0.2, 0.25) is 0 Å². The van der Waals surface area contributed by atoms with Crippen LogP contribution in [0.3, 0.4) is 0 Å². The minimum atomic E-state index is -0.668. The van der Waals surface area contributed by atoms with E-state index in [0.29, 0.717) is 25.9 Å². The molecule has 0 aliphatic rings. The van der Waals surface area contributed by atoms with E-state index in [1.54, 1.807) is 0 Å². The summed E-state index contributed by atoms with van der Waals surface area (Å²) in [6.45, 7) is 4.97. The zero-order valence-corrected chi connectivity index (χ0v) is 45.4. The number of unbranched alkanes of at least 4 members (excludes halogenated alkanes) is 44. The van der Waals surface area contributed by atoms with Gasteiger partial charge in [-0.05, 0) is 51.4 Å². The van der Waals surface area contributed by atoms with Crippen molar-refractivity contribution < 1.29 is 24.5 Å². The first kappa shape index (κ1) is 65.6. The lowest BCUT2D eigenvalue weighted by atomic mass is 10.0. The van der Waals surface area contributed by atoms with E-state index in [1.165, 1.54) is 270 Å². The number of nitrogens with one attached hydrogen (secondary N) is 1. The number of esters is 1. The molecule has 0 spiro atoms. The van der Waals surface area contributed by atoms with Crippen molar-refractivity contribution in [1.82, 2.24) is 5.32 Å². The molecule has 67 heavy (non-hydrogen) atoms. The minimum absolute atomic E-state index is 0.00956. The maximum Gasteiger partial charge on any atom is 0.305 e. The SMILES string of the molecule is CCCCCCCCCCCCCCCCCCCC(O)C(CO)NC(=O)CCCCCCCCC/C=C\CCCCCCCCCCCCOC(=O)CCCCCCCCCCCCCC. The molecule has 2 unspecified atom stereocenters. The Balaban J connectivity index is 3.42. The van der Waals surface area contributed by atoms with Crippen LogP contribution in [0.5, 0.6) is 0 Å². The summed E-state index contributed by atoms with van der Waals surface area (Å²) < 4.78 is 5.47. The summed E-state index contributed by atoms with van der Waals surface area (Å²) in [5.41, 5.74) is 0. The molecule has 0 aromatic rings. The number of ether oxygens (including phenoxy) is 1. The van der Waals surface area contributed by atoms with Crippen LogP contribution in [-0.4, -0.2) is 47.4 Å². The maximum absolute atomic E-state index is 12.5. The molecule has 3 N–H and O–H groups in total. The quantitative estimate of drug-likeness (QED) is 0.0321. The summed E-state index contributed by atoms with van der Waals surface area (Å²) in [6.07, 6.45) is 67.8. The summed E-state index contributed by atoms with van der Waals surface area (Å²) in [6, 6.07) is -0.546. The molecule has 398 valence electrons. The van der Waals surface area contributed by atoms with Gasteiger partial charge in [0.1, 0.15) is 0 Å². The summed E-state index contributed by atoms with van der Waals surface area (Å²) in [5.74, 6) is -0.0303. The molecule has 0 heterocycles. The number of allylic oxidation sites excluding steroid dienone is 2. The topological polar surface area (TPSA) is 95.9 Å². The fourth-order valence-corrected chi connectivity index (χ4v) is 9.64. The number of amides is 1. The van der Waals surface area contributed by atoms with Gasteiger partial charge in [0.15, 0.2) is 0 Å². The van der Waals surface area contributed by atoms with Crippen molar-refractivity contribution in [3.8, 4) is 0 Å². The molecule has 0 fully saturated rings. The fourth-order valence-electron chi connectivity index (χ4n) is 9.64. The van der Waals surface area contributed by atoms with Crippen LogP contribution in [0.15, 0.2) is 12.2 Å². The largest absolute Gasteiger partial charge is 0.466 e. The van der Waals surface area contributed by atoms with E-state index in [-0.39, 0.29) is 18.5 Å². The first-order valence-corrected chi connectivity index (χ1v) is 30.4. The smallest absolute Gasteiger partial charge is 0.305 e. The molecule has 0 bridgehead atoms. The van der Waals surface area contributed by atoms with Crippen LogP contribution >= 0.6 is 0 Å². The molecule has 0 aromatic carbocycles. The Morgan fingerprint density at radius 3 is 1.06 bits per heavy atom. The number of hydrogen-bond donors (Lipinski definition) is 3. The molecule has 0 radical (unpaired) electrons. The highest BCUT2D eigenvalue weighted by Crippen LogP contribution is 2.18. The van der Waals surface area contributed by atoms with E-state index < -0.39 is 12.1 Å². The van der Waals surface area contributed by atoms with Gasteiger partial charge in [0, 0.05) is 12.8 Å². The number of aliphatic hydroxyl groups is 2. The first-order valence-electron chi connectivity index (χ1n) is 30.4. The van der Waals surface area contributed by atoms with Gasteiger partial charge >= 0.3 is 5.97 Å². The minimum Gasteiger partial charge on any atom is -0.466 e. The Kier molecular flexibility index (Phi) is 56.0. The summed E-state index contributed by atoms with van der Waals surface area (Å²) in [5, 5.41) is 23.3. The standard InChI is InChI=1S/C61H119NO5/c1-3-5-7-9-11-13-15-17-18-24-27-30-33-37-41-45-49-53-59(64)58(57-63)62-60(65)54-50-46-42-38-34-31-28-25-22-20-19-21-23-26-29-32-36-40-44-48-52-56-67-61(66)55-51-47-43-39-35-16-14-12-10-8-6-4-2/h20,22,58-59,63-64H,3-19,21,23-57H2,1-2H3,(H,62,65)/b22-20-. The van der Waals surface area contributed by atoms with Crippen LogP contribution < -0.4 is 5.32 Å². The van der Waals surface area contributed by atoms with Crippen LogP contribution in [0.25, 0.3) is 0 Å². The Morgan fingerprint density at radius 2 is 0.701 bits per heavy atom. The lowest BCUT2D eigenvalue weighted by Crippen LogP contribution is -2.45. The zero-order chi connectivity index (χ0) is 48.6. The number of hydrogen-bond acceptors (Lipinski definition) is 5. The van der Waals surface area contributed by atoms with E-state index in [1.807, 2.05) is 0 Å². The van der Waals surface area contributed by atoms with Gasteiger partial charge in [0.05, 0.1) is 25.4 Å². The third-order valence-corrected chi connectivity index (χ3v) is 14.3. The van der Waals surface area contributed by atoms with Gasteiger partial charge in [0.2, 0.25) is 5.91 Å². The normalized spacial score (nSPS) is 12.6. The number of carbonyl (C=O) groups excluding carboxylic acids is 2. The molecule has 0 aliphatic carbocycles. The molecule has 6 heteroatoms. The van der Waals surface area contributed by atoms with Gasteiger partial charge in [-0.15, -0.1) is 0 Å². The Bertz CT molecular complexity index is 1000. The molecular weight excluding hydrogens is 827 g/mol. The average Bonchev–Trinajstić information content (AvgIpc) is 3.33. The molecular formula is C61H119NO5. The third-order valence-electron chi connectivity index (χ3n) is 14.3. The fraction of sp³-hybridized carbons (Fsp3) is 0.934. The van der Waals surface area contributed by atoms with Crippen molar-refractivity contribution in [2.24, 2.45) is 0 Å². The van der Waals surface area contributed by atoms with Crippen molar-refractivity contribution in [1.29, 1.82) is 0 Å². The van der Waals surface area contributed by atoms with Crippen LogP contribution in [0.4, 0.5) is 0 Å². The molecule has 1 amide bonds. The van der Waals surface area contributed by atoms with E-state index in [4.69, 9.17) is 4.74 Å². The Morgan fingerprint density at radius 1 is 0.403 bits per heavy atom. The molecule has 0 saturated heterocycles. The molecule has 0 saturated carbocycles. The monoisotopic (exact) mass is 946 g/mol. The van der Waals surface area contributed by atoms with Gasteiger partial charge in [-0.1, -0.05) is 289 Å². The first-order chi connectivity index (χ1) is 33.0. The zero-order valence-electron chi connectivity index (χ0n) is 45.4. The van der Waals surface area contributed by atoms with Crippen molar-refractivity contribution in [2.45, 2.75) is 353 Å². The third kappa shape index (κ3) is 53.8. The van der Waals surface area contributed by atoms with Gasteiger partial charge in [0.25, 0.3) is 0 Å². The lowest BCUT2D eigenvalue weighted by Gasteiger charge is -2.22. The van der Waals surface area contributed by atoms with Crippen LogP contribution in [0, 0.1) is 0 Å². The summed E-state index contributed by atoms with van der Waals surface area (Å²) in [7, 11) is 0. The summed E-state index contributed by atoms with van der Waals surface area (Å²) in [4.78, 5) is 24.5. The van der Waals surface area contributed by atoms with Crippen molar-refractivity contribution in [3.63, 3.8) is 0 Å². The number of aliphatic hydroxyl groups excluding tert-OH is 2. The van der Waals surface area contributed by atoms with Crippen molar-refractivity contribution >= 4 is 11.9 Å². The Labute approximate surface area is 419 Å². The highest BCUT2D eigenvalue weighted by molar-refractivity contribution is 5.76.